The lowest BCUT2D eigenvalue weighted by Gasteiger charge is -1.77. The van der Waals surface area contributed by atoms with Crippen molar-refractivity contribution in [3.05, 3.63) is 4.91 Å². The summed E-state index contributed by atoms with van der Waals surface area (Å²) < 4.78 is 0. The second-order valence-corrected chi connectivity index (χ2v) is 1.57. The van der Waals surface area contributed by atoms with Crippen molar-refractivity contribution in [1.82, 2.24) is 5.43 Å². The van der Waals surface area contributed by atoms with Gasteiger partial charge < -0.3 is 5.73 Å². The van der Waals surface area contributed by atoms with Crippen LogP contribution in [-0.4, -0.2) is 6.03 Å². The molecule has 0 aliphatic heterocycles. The summed E-state index contributed by atoms with van der Waals surface area (Å²) in [6.07, 6.45) is 2.64. The molecule has 0 aliphatic carbocycles. The molecule has 0 saturated heterocycles. The summed E-state index contributed by atoms with van der Waals surface area (Å²) in [5.74, 6) is 0. The highest BCUT2D eigenvalue weighted by atomic mass is 16.3. The summed E-state index contributed by atoms with van der Waals surface area (Å²) in [6, 6.07) is -0.940. The molecular formula is C5H13N3O2. The van der Waals surface area contributed by atoms with Crippen LogP contribution in [0.3, 0.4) is 0 Å². The summed E-state index contributed by atoms with van der Waals surface area (Å²) in [5, 5.41) is 1.96. The monoisotopic (exact) mass is 147 g/mol. The summed E-state index contributed by atoms with van der Waals surface area (Å²) in [5.41, 5.74) is 5.78. The molecule has 0 fully saturated rings. The highest BCUT2D eigenvalue weighted by molar-refractivity contribution is 5.70. The van der Waals surface area contributed by atoms with E-state index < -0.39 is 6.03 Å². The van der Waals surface area contributed by atoms with Gasteiger partial charge in [0.2, 0.25) is 0 Å². The first-order chi connectivity index (χ1) is 4.68. The largest absolute Gasteiger partial charge is 0.350 e. The molecule has 0 bridgehead atoms. The van der Waals surface area contributed by atoms with Crippen LogP contribution < -0.4 is 11.2 Å². The third-order valence-electron chi connectivity index (χ3n) is 0.656. The number of nitroso groups, excluding NO2 is 1. The molecule has 0 spiro atoms. The van der Waals surface area contributed by atoms with Crippen molar-refractivity contribution in [3.63, 3.8) is 0 Å². The van der Waals surface area contributed by atoms with Gasteiger partial charge in [-0.25, -0.2) is 4.79 Å². The van der Waals surface area contributed by atoms with Gasteiger partial charge in [0.15, 0.2) is 0 Å². The van der Waals surface area contributed by atoms with Crippen LogP contribution in [0.4, 0.5) is 4.79 Å². The van der Waals surface area contributed by atoms with Crippen LogP contribution in [0.1, 0.15) is 26.7 Å². The number of rotatable bonds is 2. The Hall–Kier alpha value is -1.13. The first kappa shape index (κ1) is 11.6. The minimum Gasteiger partial charge on any atom is -0.350 e. The van der Waals surface area contributed by atoms with Gasteiger partial charge in [-0.1, -0.05) is 26.7 Å². The molecule has 0 unspecified atom stereocenters. The summed E-state index contributed by atoms with van der Waals surface area (Å²) in [6.45, 7) is 4.36. The molecule has 5 nitrogen and oxygen atoms in total. The van der Waals surface area contributed by atoms with E-state index in [9.17, 15) is 4.79 Å². The number of nitrogens with zero attached hydrogens (tertiary/aromatic N) is 1. The minimum absolute atomic E-state index is 0.940. The Morgan fingerprint density at radius 2 is 1.90 bits per heavy atom. The van der Waals surface area contributed by atoms with Gasteiger partial charge in [0.05, 0.1) is 5.29 Å². The molecule has 0 atom stereocenters. The number of hydrogen-bond acceptors (Lipinski definition) is 3. The van der Waals surface area contributed by atoms with E-state index >= 15 is 0 Å². The van der Waals surface area contributed by atoms with E-state index in [4.69, 9.17) is 4.91 Å². The molecule has 0 saturated carbocycles. The van der Waals surface area contributed by atoms with Crippen LogP contribution in [0.15, 0.2) is 5.29 Å². The van der Waals surface area contributed by atoms with E-state index in [2.05, 4.69) is 19.6 Å². The fourth-order valence-corrected chi connectivity index (χ4v) is 0.0450. The molecule has 2 amide bonds. The average Bonchev–Trinajstić information content (AvgIpc) is 1.89. The Labute approximate surface area is 59.9 Å². The molecule has 0 aromatic rings. The maximum atomic E-state index is 9.42. The van der Waals surface area contributed by atoms with Crippen molar-refractivity contribution in [3.8, 4) is 0 Å². The standard InChI is InChI=1S/C4H10.CH3N3O2/c1-3-4-2;2-1(5)3-4-6/h3-4H2,1-2H3;(H3,2,3,5,6). The predicted molar refractivity (Wildman–Crippen MR) is 39.1 cm³/mol. The summed E-state index contributed by atoms with van der Waals surface area (Å²) in [7, 11) is 0. The number of hydrogen-bond donors (Lipinski definition) is 2. The van der Waals surface area contributed by atoms with E-state index in [1.165, 1.54) is 18.3 Å². The molecule has 0 aromatic carbocycles. The zero-order valence-corrected chi connectivity index (χ0v) is 6.26. The maximum Gasteiger partial charge on any atom is 0.335 e. The molecule has 60 valence electrons. The van der Waals surface area contributed by atoms with Crippen LogP contribution >= 0.6 is 0 Å². The number of nitrogens with one attached hydrogen (secondary N) is 1. The lowest BCUT2D eigenvalue weighted by molar-refractivity contribution is 0.249. The third kappa shape index (κ3) is 28.7. The van der Waals surface area contributed by atoms with Gasteiger partial charge >= 0.3 is 6.03 Å². The molecule has 0 aliphatic rings. The van der Waals surface area contributed by atoms with Crippen LogP contribution in [0.25, 0.3) is 0 Å². The normalized spacial score (nSPS) is 7.00. The average molecular weight is 147 g/mol. The maximum absolute atomic E-state index is 9.42. The first-order valence-electron chi connectivity index (χ1n) is 3.06. The van der Waals surface area contributed by atoms with Crippen molar-refractivity contribution in [2.24, 2.45) is 11.0 Å². The van der Waals surface area contributed by atoms with Gasteiger partial charge in [-0.05, 0) is 0 Å². The predicted octanol–water partition coefficient (Wildman–Crippen LogP) is 1.14. The van der Waals surface area contributed by atoms with Crippen LogP contribution in [0.2, 0.25) is 0 Å². The second kappa shape index (κ2) is 10.8. The lowest BCUT2D eigenvalue weighted by atomic mass is 10.4. The number of carbonyl (C=O) groups is 1. The van der Waals surface area contributed by atoms with Gasteiger partial charge in [0.1, 0.15) is 0 Å². The SMILES string of the molecule is CCCC.NC(=O)NN=O. The Kier molecular flexibility index (Phi) is 12.5. The Bertz CT molecular complexity index is 92.9. The molecule has 10 heavy (non-hydrogen) atoms. The smallest absolute Gasteiger partial charge is 0.335 e. The molecule has 0 rings (SSSR count). The number of carbonyl (C=O) groups excluding carboxylic acids is 1. The quantitative estimate of drug-likeness (QED) is 0.453. The van der Waals surface area contributed by atoms with Crippen molar-refractivity contribution in [2.75, 3.05) is 0 Å². The van der Waals surface area contributed by atoms with Crippen LogP contribution in [-0.2, 0) is 0 Å². The zero-order chi connectivity index (χ0) is 8.41. The Morgan fingerprint density at radius 3 is 1.90 bits per heavy atom. The Morgan fingerprint density at radius 1 is 1.50 bits per heavy atom. The highest BCUT2D eigenvalue weighted by Crippen LogP contribution is 1.76. The summed E-state index contributed by atoms with van der Waals surface area (Å²) in [4.78, 5) is 18.4. The number of primary amides is 1. The third-order valence-corrected chi connectivity index (χ3v) is 0.656. The van der Waals surface area contributed by atoms with E-state index in [0.717, 1.165) is 0 Å². The molecule has 0 radical (unpaired) electrons. The van der Waals surface area contributed by atoms with Gasteiger partial charge in [0.25, 0.3) is 0 Å². The molecule has 3 N–H and O–H groups in total. The molecule has 0 heterocycles. The molecule has 5 heteroatoms. The van der Waals surface area contributed by atoms with Crippen molar-refractivity contribution < 1.29 is 4.79 Å². The number of amides is 2. The van der Waals surface area contributed by atoms with E-state index in [1.54, 1.807) is 0 Å². The number of urea groups is 1. The van der Waals surface area contributed by atoms with E-state index in [0.29, 0.717) is 0 Å². The molecule has 0 aromatic heterocycles. The second-order valence-electron chi connectivity index (χ2n) is 1.57. The molecular weight excluding hydrogens is 134 g/mol. The highest BCUT2D eigenvalue weighted by Gasteiger charge is 1.80. The van der Waals surface area contributed by atoms with Crippen molar-refractivity contribution in [2.45, 2.75) is 26.7 Å². The van der Waals surface area contributed by atoms with Crippen molar-refractivity contribution in [1.29, 1.82) is 0 Å². The zero-order valence-electron chi connectivity index (χ0n) is 6.26. The van der Waals surface area contributed by atoms with Crippen LogP contribution in [0, 0.1) is 4.91 Å². The fourth-order valence-electron chi connectivity index (χ4n) is 0.0450. The van der Waals surface area contributed by atoms with Gasteiger partial charge in [-0.3, -0.25) is 0 Å². The van der Waals surface area contributed by atoms with Gasteiger partial charge in [-0.2, -0.15) is 5.43 Å². The van der Waals surface area contributed by atoms with Gasteiger partial charge in [0, 0.05) is 0 Å². The van der Waals surface area contributed by atoms with E-state index in [-0.39, 0.29) is 0 Å². The van der Waals surface area contributed by atoms with Crippen LogP contribution in [0.5, 0.6) is 0 Å². The minimum atomic E-state index is -0.940. The van der Waals surface area contributed by atoms with E-state index in [1.807, 2.05) is 5.29 Å². The fraction of sp³-hybridized carbons (Fsp3) is 0.800. The van der Waals surface area contributed by atoms with Crippen molar-refractivity contribution >= 4 is 6.03 Å². The number of nitrogens with two attached hydrogens (primary N) is 1. The number of unbranched alkanes of at least 4 members (excludes halogenated alkanes) is 1. The van der Waals surface area contributed by atoms with Gasteiger partial charge in [-0.15, -0.1) is 4.91 Å². The summed E-state index contributed by atoms with van der Waals surface area (Å²) >= 11 is 0. The Balaban J connectivity index is 0. The first-order valence-corrected chi connectivity index (χ1v) is 3.06. The topological polar surface area (TPSA) is 84.6 Å². The lowest BCUT2D eigenvalue weighted by Crippen LogP contribution is -2.23.